The largest absolute Gasteiger partial charge is 0.300 e. The van der Waals surface area contributed by atoms with Crippen molar-refractivity contribution in [2.45, 2.75) is 52.0 Å². The molecule has 0 aliphatic carbocycles. The normalized spacial score (nSPS) is 36.2. The lowest BCUT2D eigenvalue weighted by atomic mass is 9.77. The summed E-state index contributed by atoms with van der Waals surface area (Å²) in [6.07, 6.45) is 7.33. The highest BCUT2D eigenvalue weighted by Gasteiger charge is 2.34. The maximum atomic E-state index is 2.76. The van der Waals surface area contributed by atoms with Crippen LogP contribution >= 0.6 is 0 Å². The van der Waals surface area contributed by atoms with Crippen molar-refractivity contribution in [2.75, 3.05) is 13.1 Å². The van der Waals surface area contributed by atoms with Gasteiger partial charge in [0.15, 0.2) is 0 Å². The van der Waals surface area contributed by atoms with E-state index in [4.69, 9.17) is 0 Å². The van der Waals surface area contributed by atoms with Crippen molar-refractivity contribution < 1.29 is 0 Å². The maximum Gasteiger partial charge on any atom is 0.0126 e. The molecule has 2 rings (SSSR count). The molecule has 1 heteroatoms. The maximum absolute atomic E-state index is 2.76. The zero-order valence-electron chi connectivity index (χ0n) is 9.13. The summed E-state index contributed by atoms with van der Waals surface area (Å²) in [6.45, 7) is 7.58. The molecule has 1 unspecified atom stereocenters. The summed E-state index contributed by atoms with van der Waals surface area (Å²) in [6, 6.07) is 0.947. The number of hydrogen-bond donors (Lipinski definition) is 0. The Morgan fingerprint density at radius 1 is 1.00 bits per heavy atom. The Morgan fingerprint density at radius 2 is 1.77 bits per heavy atom. The minimum Gasteiger partial charge on any atom is -0.300 e. The summed E-state index contributed by atoms with van der Waals surface area (Å²) in [5.41, 5.74) is 0. The smallest absolute Gasteiger partial charge is 0.0126 e. The first-order valence-corrected chi connectivity index (χ1v) is 6.03. The van der Waals surface area contributed by atoms with Gasteiger partial charge in [0.05, 0.1) is 0 Å². The Kier molecular flexibility index (Phi) is 2.92. The molecule has 0 aromatic carbocycles. The van der Waals surface area contributed by atoms with Crippen molar-refractivity contribution in [3.63, 3.8) is 0 Å². The molecule has 0 N–H and O–H groups in total. The van der Waals surface area contributed by atoms with Crippen LogP contribution in [0, 0.1) is 11.8 Å². The fourth-order valence-electron chi connectivity index (χ4n) is 3.28. The van der Waals surface area contributed by atoms with Crippen LogP contribution in [-0.4, -0.2) is 24.0 Å². The molecule has 0 aromatic rings. The molecule has 0 radical (unpaired) electrons. The van der Waals surface area contributed by atoms with Gasteiger partial charge in [-0.15, -0.1) is 0 Å². The summed E-state index contributed by atoms with van der Waals surface area (Å²) < 4.78 is 0. The van der Waals surface area contributed by atoms with Gasteiger partial charge in [-0.2, -0.15) is 0 Å². The van der Waals surface area contributed by atoms with Gasteiger partial charge in [-0.05, 0) is 50.6 Å². The monoisotopic (exact) mass is 181 g/mol. The van der Waals surface area contributed by atoms with E-state index in [1.165, 1.54) is 45.2 Å². The predicted octanol–water partition coefficient (Wildman–Crippen LogP) is 2.91. The lowest BCUT2D eigenvalue weighted by Gasteiger charge is -2.46. The van der Waals surface area contributed by atoms with Crippen LogP contribution in [0.3, 0.4) is 0 Å². The van der Waals surface area contributed by atoms with Crippen LogP contribution < -0.4 is 0 Å². The van der Waals surface area contributed by atoms with Crippen LogP contribution in [0.4, 0.5) is 0 Å². The summed E-state index contributed by atoms with van der Waals surface area (Å²) in [7, 11) is 0. The molecular formula is C12H23N. The van der Waals surface area contributed by atoms with Crippen LogP contribution in [-0.2, 0) is 0 Å². The van der Waals surface area contributed by atoms with Gasteiger partial charge in [0.25, 0.3) is 0 Å². The first kappa shape index (κ1) is 9.51. The van der Waals surface area contributed by atoms with Crippen molar-refractivity contribution >= 4 is 0 Å². The van der Waals surface area contributed by atoms with Gasteiger partial charge in [-0.3, -0.25) is 0 Å². The van der Waals surface area contributed by atoms with Crippen molar-refractivity contribution in [3.05, 3.63) is 0 Å². The number of rotatable bonds is 1. The molecule has 2 fully saturated rings. The highest BCUT2D eigenvalue weighted by Crippen LogP contribution is 2.34. The number of hydrogen-bond acceptors (Lipinski definition) is 1. The summed E-state index contributed by atoms with van der Waals surface area (Å²) in [4.78, 5) is 2.76. The predicted molar refractivity (Wildman–Crippen MR) is 56.8 cm³/mol. The van der Waals surface area contributed by atoms with Gasteiger partial charge in [0.2, 0.25) is 0 Å². The molecule has 13 heavy (non-hydrogen) atoms. The second-order valence-electron chi connectivity index (χ2n) is 5.15. The van der Waals surface area contributed by atoms with E-state index in [9.17, 15) is 0 Å². The lowest BCUT2D eigenvalue weighted by Crippen LogP contribution is -2.49. The number of fused-ring (bicyclic) bond motifs is 1. The average molecular weight is 181 g/mol. The van der Waals surface area contributed by atoms with Crippen molar-refractivity contribution in [2.24, 2.45) is 11.8 Å². The molecule has 0 spiro atoms. The fourth-order valence-corrected chi connectivity index (χ4v) is 3.28. The molecular weight excluding hydrogens is 158 g/mol. The second kappa shape index (κ2) is 4.00. The van der Waals surface area contributed by atoms with E-state index in [1.807, 2.05) is 0 Å². The molecule has 0 saturated carbocycles. The Morgan fingerprint density at radius 3 is 2.54 bits per heavy atom. The minimum atomic E-state index is 0.894. The van der Waals surface area contributed by atoms with Crippen molar-refractivity contribution in [1.29, 1.82) is 0 Å². The van der Waals surface area contributed by atoms with Gasteiger partial charge < -0.3 is 4.90 Å². The molecule has 2 aliphatic rings. The third-order valence-corrected chi connectivity index (χ3v) is 4.00. The van der Waals surface area contributed by atoms with E-state index in [0.29, 0.717) is 0 Å². The van der Waals surface area contributed by atoms with Gasteiger partial charge in [-0.1, -0.05) is 20.3 Å². The van der Waals surface area contributed by atoms with Crippen LogP contribution in [0.15, 0.2) is 0 Å². The minimum absolute atomic E-state index is 0.894. The van der Waals surface area contributed by atoms with E-state index in [0.717, 1.165) is 17.9 Å². The molecule has 2 saturated heterocycles. The zero-order valence-corrected chi connectivity index (χ0v) is 9.13. The molecule has 0 aromatic heterocycles. The van der Waals surface area contributed by atoms with E-state index < -0.39 is 0 Å². The van der Waals surface area contributed by atoms with Crippen molar-refractivity contribution in [3.8, 4) is 0 Å². The third kappa shape index (κ3) is 1.90. The molecule has 2 heterocycles. The number of piperidine rings is 2. The van der Waals surface area contributed by atoms with Gasteiger partial charge in [0, 0.05) is 6.04 Å². The number of nitrogens with zero attached hydrogens (tertiary/aromatic N) is 1. The van der Waals surface area contributed by atoms with Crippen LogP contribution in [0.1, 0.15) is 46.0 Å². The molecule has 76 valence electrons. The second-order valence-corrected chi connectivity index (χ2v) is 5.15. The molecule has 1 nitrogen and oxygen atoms in total. The SMILES string of the molecule is CC(C)[C@H]1CCCN2CCCCC12. The summed E-state index contributed by atoms with van der Waals surface area (Å²) in [5, 5.41) is 0. The zero-order chi connectivity index (χ0) is 9.26. The van der Waals surface area contributed by atoms with E-state index in [1.54, 1.807) is 0 Å². The quantitative estimate of drug-likeness (QED) is 0.601. The lowest BCUT2D eigenvalue weighted by molar-refractivity contribution is 0.0391. The van der Waals surface area contributed by atoms with Gasteiger partial charge >= 0.3 is 0 Å². The molecule has 0 amide bonds. The topological polar surface area (TPSA) is 3.24 Å². The van der Waals surface area contributed by atoms with E-state index in [2.05, 4.69) is 18.7 Å². The highest BCUT2D eigenvalue weighted by molar-refractivity contribution is 4.88. The van der Waals surface area contributed by atoms with E-state index >= 15 is 0 Å². The summed E-state index contributed by atoms with van der Waals surface area (Å²) in [5.74, 6) is 1.89. The first-order valence-electron chi connectivity index (χ1n) is 6.03. The third-order valence-electron chi connectivity index (χ3n) is 4.00. The Balaban J connectivity index is 2.02. The highest BCUT2D eigenvalue weighted by atomic mass is 15.2. The van der Waals surface area contributed by atoms with Crippen LogP contribution in [0.2, 0.25) is 0 Å². The van der Waals surface area contributed by atoms with E-state index in [-0.39, 0.29) is 0 Å². The van der Waals surface area contributed by atoms with Crippen LogP contribution in [0.25, 0.3) is 0 Å². The standard InChI is InChI=1S/C12H23N/c1-10(2)11-6-5-9-13-8-4-3-7-12(11)13/h10-12H,3-9H2,1-2H3/t11-,12?/m1/s1. The molecule has 2 atom stereocenters. The Labute approximate surface area is 82.5 Å². The Bertz CT molecular complexity index is 163. The van der Waals surface area contributed by atoms with Crippen LogP contribution in [0.5, 0.6) is 0 Å². The molecule has 0 bridgehead atoms. The first-order chi connectivity index (χ1) is 6.29. The van der Waals surface area contributed by atoms with Crippen molar-refractivity contribution in [1.82, 2.24) is 4.90 Å². The molecule has 2 aliphatic heterocycles. The summed E-state index contributed by atoms with van der Waals surface area (Å²) >= 11 is 0. The average Bonchev–Trinajstić information content (AvgIpc) is 2.17. The van der Waals surface area contributed by atoms with Gasteiger partial charge in [0.1, 0.15) is 0 Å². The van der Waals surface area contributed by atoms with Gasteiger partial charge in [-0.25, -0.2) is 0 Å². The fraction of sp³-hybridized carbons (Fsp3) is 1.00. The Hall–Kier alpha value is -0.0400.